The van der Waals surface area contributed by atoms with Gasteiger partial charge in [-0.05, 0) is 55.3 Å². The number of amides is 1. The van der Waals surface area contributed by atoms with Crippen LogP contribution in [0.25, 0.3) is 17.4 Å². The first-order valence-electron chi connectivity index (χ1n) is 7.94. The predicted molar refractivity (Wildman–Crippen MR) is 103 cm³/mol. The molecule has 25 heavy (non-hydrogen) atoms. The summed E-state index contributed by atoms with van der Waals surface area (Å²) >= 11 is 6.17. The third kappa shape index (κ3) is 4.01. The van der Waals surface area contributed by atoms with Crippen molar-refractivity contribution in [1.29, 1.82) is 0 Å². The van der Waals surface area contributed by atoms with Crippen LogP contribution in [0, 0.1) is 13.8 Å². The third-order valence-electron chi connectivity index (χ3n) is 3.89. The molecule has 0 fully saturated rings. The summed E-state index contributed by atoms with van der Waals surface area (Å²) in [5.41, 5.74) is 3.72. The Bertz CT molecular complexity index is 920. The minimum atomic E-state index is -0.201. The largest absolute Gasteiger partial charge is 0.457 e. The quantitative estimate of drug-likeness (QED) is 0.597. The molecule has 1 amide bonds. The average molecular weight is 352 g/mol. The fraction of sp³-hybridized carbons (Fsp3) is 0.0952. The maximum atomic E-state index is 12.2. The first kappa shape index (κ1) is 17.1. The van der Waals surface area contributed by atoms with E-state index in [2.05, 4.69) is 5.32 Å². The number of halogens is 1. The van der Waals surface area contributed by atoms with Gasteiger partial charge in [-0.2, -0.15) is 0 Å². The molecule has 0 radical (unpaired) electrons. The standard InChI is InChI=1S/C21H18ClNO2/c1-14-6-5-7-15(2)21(14)23-20(24)13-11-16-10-12-19(25-16)17-8-3-4-9-18(17)22/h3-13H,1-2H3,(H,23,24)/b13-11+. The van der Waals surface area contributed by atoms with Gasteiger partial charge in [0, 0.05) is 17.3 Å². The fourth-order valence-corrected chi connectivity index (χ4v) is 2.81. The highest BCUT2D eigenvalue weighted by Crippen LogP contribution is 2.29. The lowest BCUT2D eigenvalue weighted by molar-refractivity contribution is -0.111. The lowest BCUT2D eigenvalue weighted by atomic mass is 10.1. The van der Waals surface area contributed by atoms with Crippen LogP contribution in [0.5, 0.6) is 0 Å². The Kier molecular flexibility index (Phi) is 5.05. The number of anilines is 1. The number of hydrogen-bond donors (Lipinski definition) is 1. The molecule has 3 nitrogen and oxygen atoms in total. The Morgan fingerprint density at radius 2 is 1.72 bits per heavy atom. The van der Waals surface area contributed by atoms with E-state index >= 15 is 0 Å². The number of furan rings is 1. The summed E-state index contributed by atoms with van der Waals surface area (Å²) in [4.78, 5) is 12.2. The molecule has 0 bridgehead atoms. The van der Waals surface area contributed by atoms with Gasteiger partial charge in [0.1, 0.15) is 11.5 Å². The van der Waals surface area contributed by atoms with Crippen LogP contribution >= 0.6 is 11.6 Å². The zero-order valence-corrected chi connectivity index (χ0v) is 14.8. The molecule has 1 N–H and O–H groups in total. The molecule has 126 valence electrons. The number of carbonyl (C=O) groups is 1. The number of rotatable bonds is 4. The molecule has 1 aromatic heterocycles. The van der Waals surface area contributed by atoms with Crippen molar-refractivity contribution >= 4 is 29.3 Å². The molecule has 0 aliphatic carbocycles. The van der Waals surface area contributed by atoms with Crippen LogP contribution in [0.2, 0.25) is 5.02 Å². The number of benzene rings is 2. The first-order chi connectivity index (χ1) is 12.0. The summed E-state index contributed by atoms with van der Waals surface area (Å²) in [7, 11) is 0. The number of para-hydroxylation sites is 1. The van der Waals surface area contributed by atoms with E-state index in [1.54, 1.807) is 6.08 Å². The zero-order chi connectivity index (χ0) is 17.8. The van der Waals surface area contributed by atoms with E-state index in [0.29, 0.717) is 16.5 Å². The van der Waals surface area contributed by atoms with Crippen LogP contribution in [0.1, 0.15) is 16.9 Å². The molecule has 3 aromatic rings. The number of hydrogen-bond acceptors (Lipinski definition) is 2. The number of aryl methyl sites for hydroxylation is 2. The number of nitrogens with one attached hydrogen (secondary N) is 1. The SMILES string of the molecule is Cc1cccc(C)c1NC(=O)/C=C/c1ccc(-c2ccccc2Cl)o1. The molecule has 1 heterocycles. The summed E-state index contributed by atoms with van der Waals surface area (Å²) in [6.45, 7) is 3.93. The van der Waals surface area contributed by atoms with Crippen molar-refractivity contribution in [3.8, 4) is 11.3 Å². The van der Waals surface area contributed by atoms with Gasteiger partial charge in [0.05, 0.1) is 5.02 Å². The van der Waals surface area contributed by atoms with Gasteiger partial charge in [0.15, 0.2) is 0 Å². The number of carbonyl (C=O) groups excluding carboxylic acids is 1. The van der Waals surface area contributed by atoms with Crippen LogP contribution < -0.4 is 5.32 Å². The van der Waals surface area contributed by atoms with Gasteiger partial charge in [-0.1, -0.05) is 41.9 Å². The summed E-state index contributed by atoms with van der Waals surface area (Å²) in [6.07, 6.45) is 3.10. The van der Waals surface area contributed by atoms with E-state index in [0.717, 1.165) is 22.4 Å². The molecular weight excluding hydrogens is 334 g/mol. The van der Waals surface area contributed by atoms with Crippen molar-refractivity contribution in [2.24, 2.45) is 0 Å². The van der Waals surface area contributed by atoms with Crippen LogP contribution in [0.3, 0.4) is 0 Å². The fourth-order valence-electron chi connectivity index (χ4n) is 2.58. The van der Waals surface area contributed by atoms with Crippen molar-refractivity contribution in [1.82, 2.24) is 0 Å². The Balaban J connectivity index is 1.73. The third-order valence-corrected chi connectivity index (χ3v) is 4.22. The average Bonchev–Trinajstić information content (AvgIpc) is 3.06. The van der Waals surface area contributed by atoms with Crippen molar-refractivity contribution in [2.45, 2.75) is 13.8 Å². The highest BCUT2D eigenvalue weighted by Gasteiger charge is 2.08. The second kappa shape index (κ2) is 7.41. The predicted octanol–water partition coefficient (Wildman–Crippen LogP) is 5.87. The maximum Gasteiger partial charge on any atom is 0.248 e. The van der Waals surface area contributed by atoms with E-state index < -0.39 is 0 Å². The van der Waals surface area contributed by atoms with Crippen LogP contribution in [0.15, 0.2) is 65.1 Å². The smallest absolute Gasteiger partial charge is 0.248 e. The monoisotopic (exact) mass is 351 g/mol. The van der Waals surface area contributed by atoms with Crippen LogP contribution in [-0.4, -0.2) is 5.91 Å². The minimum Gasteiger partial charge on any atom is -0.457 e. The van der Waals surface area contributed by atoms with E-state index in [4.69, 9.17) is 16.0 Å². The Morgan fingerprint density at radius 1 is 1.00 bits per heavy atom. The van der Waals surface area contributed by atoms with Crippen LogP contribution in [-0.2, 0) is 4.79 Å². The molecule has 0 aliphatic heterocycles. The van der Waals surface area contributed by atoms with Gasteiger partial charge in [-0.25, -0.2) is 0 Å². The van der Waals surface area contributed by atoms with Gasteiger partial charge in [-0.15, -0.1) is 0 Å². The van der Waals surface area contributed by atoms with E-state index in [-0.39, 0.29) is 5.91 Å². The second-order valence-electron chi connectivity index (χ2n) is 5.77. The highest BCUT2D eigenvalue weighted by atomic mass is 35.5. The summed E-state index contributed by atoms with van der Waals surface area (Å²) in [5.74, 6) is 1.06. The zero-order valence-electron chi connectivity index (χ0n) is 14.0. The highest BCUT2D eigenvalue weighted by molar-refractivity contribution is 6.33. The normalized spacial score (nSPS) is 11.0. The van der Waals surface area contributed by atoms with Crippen molar-refractivity contribution < 1.29 is 9.21 Å². The molecule has 0 atom stereocenters. The second-order valence-corrected chi connectivity index (χ2v) is 6.18. The molecule has 4 heteroatoms. The van der Waals surface area contributed by atoms with Gasteiger partial charge < -0.3 is 9.73 Å². The van der Waals surface area contributed by atoms with Gasteiger partial charge >= 0.3 is 0 Å². The Morgan fingerprint density at radius 3 is 2.44 bits per heavy atom. The molecule has 2 aromatic carbocycles. The molecule has 0 saturated carbocycles. The molecule has 0 unspecified atom stereocenters. The summed E-state index contributed by atoms with van der Waals surface area (Å²) in [6, 6.07) is 17.0. The molecular formula is C21H18ClNO2. The molecule has 0 aliphatic rings. The van der Waals surface area contributed by atoms with Gasteiger partial charge in [0.25, 0.3) is 0 Å². The van der Waals surface area contributed by atoms with Crippen molar-refractivity contribution in [3.05, 3.63) is 82.6 Å². The van der Waals surface area contributed by atoms with Gasteiger partial charge in [0.2, 0.25) is 5.91 Å². The Hall–Kier alpha value is -2.78. The molecule has 0 spiro atoms. The van der Waals surface area contributed by atoms with Crippen molar-refractivity contribution in [2.75, 3.05) is 5.32 Å². The molecule has 0 saturated heterocycles. The molecule has 3 rings (SSSR count). The minimum absolute atomic E-state index is 0.201. The Labute approximate surface area is 151 Å². The lowest BCUT2D eigenvalue weighted by Gasteiger charge is -2.09. The summed E-state index contributed by atoms with van der Waals surface area (Å²) in [5, 5.41) is 3.53. The maximum absolute atomic E-state index is 12.2. The van der Waals surface area contributed by atoms with E-state index in [1.165, 1.54) is 6.08 Å². The van der Waals surface area contributed by atoms with Gasteiger partial charge in [-0.3, -0.25) is 4.79 Å². The van der Waals surface area contributed by atoms with E-state index in [9.17, 15) is 4.79 Å². The first-order valence-corrected chi connectivity index (χ1v) is 8.32. The summed E-state index contributed by atoms with van der Waals surface area (Å²) < 4.78 is 5.75. The lowest BCUT2D eigenvalue weighted by Crippen LogP contribution is -2.10. The van der Waals surface area contributed by atoms with Crippen molar-refractivity contribution in [3.63, 3.8) is 0 Å². The van der Waals surface area contributed by atoms with Crippen LogP contribution in [0.4, 0.5) is 5.69 Å². The van der Waals surface area contributed by atoms with E-state index in [1.807, 2.05) is 68.4 Å². The topological polar surface area (TPSA) is 42.2 Å².